The maximum absolute atomic E-state index is 6.19. The Morgan fingerprint density at radius 3 is 2.76 bits per heavy atom. The zero-order valence-corrected chi connectivity index (χ0v) is 13.7. The molecule has 0 amide bonds. The summed E-state index contributed by atoms with van der Waals surface area (Å²) in [6.45, 7) is 8.59. The van der Waals surface area contributed by atoms with Crippen LogP contribution in [0.1, 0.15) is 39.0 Å². The summed E-state index contributed by atoms with van der Waals surface area (Å²) in [7, 11) is 4.10. The Kier molecular flexibility index (Phi) is 5.15. The third-order valence-electron chi connectivity index (χ3n) is 4.38. The van der Waals surface area contributed by atoms with E-state index in [-0.39, 0.29) is 6.17 Å². The van der Waals surface area contributed by atoms with Crippen molar-refractivity contribution in [3.63, 3.8) is 0 Å². The number of nitrogens with zero attached hydrogens (tertiary/aromatic N) is 4. The molecule has 0 aromatic carbocycles. The number of hydrogen-bond donors (Lipinski definition) is 1. The summed E-state index contributed by atoms with van der Waals surface area (Å²) in [5.41, 5.74) is 7.14. The monoisotopic (exact) mass is 291 g/mol. The Balaban J connectivity index is 2.05. The van der Waals surface area contributed by atoms with Crippen molar-refractivity contribution < 1.29 is 0 Å². The summed E-state index contributed by atoms with van der Waals surface area (Å²) in [5, 5.41) is 0. The Morgan fingerprint density at radius 1 is 1.48 bits per heavy atom. The molecule has 0 aromatic heterocycles. The molecular formula is C16H29N5. The van der Waals surface area contributed by atoms with Gasteiger partial charge in [-0.2, -0.15) is 0 Å². The smallest absolute Gasteiger partial charge is 0.146 e. The van der Waals surface area contributed by atoms with Crippen molar-refractivity contribution in [1.29, 1.82) is 0 Å². The van der Waals surface area contributed by atoms with Gasteiger partial charge in [0.25, 0.3) is 0 Å². The second-order valence-electron chi connectivity index (χ2n) is 5.99. The molecule has 0 aromatic rings. The molecule has 5 heteroatoms. The van der Waals surface area contributed by atoms with E-state index in [4.69, 9.17) is 5.73 Å². The van der Waals surface area contributed by atoms with Gasteiger partial charge in [-0.15, -0.1) is 0 Å². The fourth-order valence-electron chi connectivity index (χ4n) is 2.90. The number of unbranched alkanes of at least 4 members (excludes halogenated alkanes) is 1. The number of likely N-dealkylation sites (tertiary alicyclic amines) is 1. The standard InChI is InChI=1S/C16H29N5/c1-5-6-9-15-18-16(17)14(12-19(15)3)20(4)13(2)21-10-7-8-11-21/h12,15H,2,5-11H2,1,3-4H3,(H2,17,18). The summed E-state index contributed by atoms with van der Waals surface area (Å²) in [5.74, 6) is 1.63. The molecule has 1 unspecified atom stereocenters. The molecule has 0 radical (unpaired) electrons. The van der Waals surface area contributed by atoms with E-state index in [1.54, 1.807) is 0 Å². The average molecular weight is 291 g/mol. The van der Waals surface area contributed by atoms with Gasteiger partial charge < -0.3 is 20.4 Å². The lowest BCUT2D eigenvalue weighted by molar-refractivity contribution is 0.281. The van der Waals surface area contributed by atoms with Crippen molar-refractivity contribution in [1.82, 2.24) is 14.7 Å². The van der Waals surface area contributed by atoms with Gasteiger partial charge in [-0.3, -0.25) is 0 Å². The van der Waals surface area contributed by atoms with Gasteiger partial charge in [0.15, 0.2) is 0 Å². The van der Waals surface area contributed by atoms with E-state index in [1.165, 1.54) is 25.7 Å². The van der Waals surface area contributed by atoms with E-state index < -0.39 is 0 Å². The summed E-state index contributed by atoms with van der Waals surface area (Å²) >= 11 is 0. The zero-order valence-electron chi connectivity index (χ0n) is 13.7. The van der Waals surface area contributed by atoms with E-state index in [0.29, 0.717) is 5.84 Å². The maximum Gasteiger partial charge on any atom is 0.146 e. The summed E-state index contributed by atoms with van der Waals surface area (Å²) in [6.07, 6.45) is 8.16. The first-order valence-corrected chi connectivity index (χ1v) is 7.99. The molecule has 0 spiro atoms. The predicted molar refractivity (Wildman–Crippen MR) is 88.5 cm³/mol. The van der Waals surface area contributed by atoms with Crippen LogP contribution in [0.3, 0.4) is 0 Å². The highest BCUT2D eigenvalue weighted by Gasteiger charge is 2.24. The molecule has 5 nitrogen and oxygen atoms in total. The second kappa shape index (κ2) is 6.87. The van der Waals surface area contributed by atoms with E-state index in [0.717, 1.165) is 31.0 Å². The first-order valence-electron chi connectivity index (χ1n) is 7.99. The fourth-order valence-corrected chi connectivity index (χ4v) is 2.90. The Bertz CT molecular complexity index is 434. The molecule has 0 saturated carbocycles. The first kappa shape index (κ1) is 15.7. The van der Waals surface area contributed by atoms with Crippen molar-refractivity contribution in [2.45, 2.75) is 45.2 Å². The first-order chi connectivity index (χ1) is 10.0. The van der Waals surface area contributed by atoms with Gasteiger partial charge in [0, 0.05) is 33.4 Å². The van der Waals surface area contributed by atoms with Crippen LogP contribution >= 0.6 is 0 Å². The third-order valence-corrected chi connectivity index (χ3v) is 4.38. The van der Waals surface area contributed by atoms with Crippen LogP contribution in [0, 0.1) is 0 Å². The lowest BCUT2D eigenvalue weighted by atomic mass is 10.2. The van der Waals surface area contributed by atoms with Gasteiger partial charge >= 0.3 is 0 Å². The molecule has 21 heavy (non-hydrogen) atoms. The van der Waals surface area contributed by atoms with E-state index in [1.807, 2.05) is 7.05 Å². The average Bonchev–Trinajstić information content (AvgIpc) is 3.00. The van der Waals surface area contributed by atoms with Gasteiger partial charge in [-0.05, 0) is 25.7 Å². The lowest BCUT2D eigenvalue weighted by Gasteiger charge is -2.36. The van der Waals surface area contributed by atoms with Gasteiger partial charge in [0.05, 0.1) is 0 Å². The Morgan fingerprint density at radius 2 is 2.14 bits per heavy atom. The molecule has 1 fully saturated rings. The highest BCUT2D eigenvalue weighted by Crippen LogP contribution is 2.23. The van der Waals surface area contributed by atoms with Crippen LogP contribution in [-0.2, 0) is 0 Å². The number of aliphatic imine (C=N–C) groups is 1. The number of nitrogens with two attached hydrogens (primary N) is 1. The maximum atomic E-state index is 6.19. The second-order valence-corrected chi connectivity index (χ2v) is 5.99. The number of amidine groups is 1. The van der Waals surface area contributed by atoms with Crippen molar-refractivity contribution in [2.24, 2.45) is 10.7 Å². The van der Waals surface area contributed by atoms with E-state index in [2.05, 4.69) is 46.4 Å². The van der Waals surface area contributed by atoms with Crippen LogP contribution in [0.2, 0.25) is 0 Å². The minimum absolute atomic E-state index is 0.169. The van der Waals surface area contributed by atoms with Crippen LogP contribution < -0.4 is 5.73 Å². The molecule has 2 aliphatic rings. The molecule has 0 bridgehead atoms. The molecule has 1 saturated heterocycles. The number of likely N-dealkylation sites (N-methyl/N-ethyl adjacent to an activating group) is 1. The van der Waals surface area contributed by atoms with Gasteiger partial charge in [-0.25, -0.2) is 4.99 Å². The minimum atomic E-state index is 0.169. The Labute approximate surface area is 128 Å². The van der Waals surface area contributed by atoms with Gasteiger partial charge in [0.2, 0.25) is 0 Å². The molecule has 0 aliphatic carbocycles. The highest BCUT2D eigenvalue weighted by atomic mass is 15.4. The molecule has 2 rings (SSSR count). The quantitative estimate of drug-likeness (QED) is 0.814. The molecule has 2 heterocycles. The number of hydrogen-bond acceptors (Lipinski definition) is 5. The SMILES string of the molecule is C=C(N1CCCC1)N(C)C1=CN(C)C(CCCC)N=C1N. The molecular weight excluding hydrogens is 262 g/mol. The molecule has 118 valence electrons. The number of rotatable bonds is 6. The van der Waals surface area contributed by atoms with E-state index in [9.17, 15) is 0 Å². The van der Waals surface area contributed by atoms with Crippen molar-refractivity contribution in [2.75, 3.05) is 27.2 Å². The molecule has 2 N–H and O–H groups in total. The van der Waals surface area contributed by atoms with Crippen molar-refractivity contribution >= 4 is 5.84 Å². The highest BCUT2D eigenvalue weighted by molar-refractivity contribution is 5.97. The molecule has 2 aliphatic heterocycles. The van der Waals surface area contributed by atoms with Crippen LogP contribution in [0.5, 0.6) is 0 Å². The van der Waals surface area contributed by atoms with Crippen molar-refractivity contribution in [3.05, 3.63) is 24.3 Å². The summed E-state index contributed by atoms with van der Waals surface area (Å²) in [6, 6.07) is 0. The fraction of sp³-hybridized carbons (Fsp3) is 0.688. The van der Waals surface area contributed by atoms with Crippen LogP contribution in [0.4, 0.5) is 0 Å². The third kappa shape index (κ3) is 3.52. The predicted octanol–water partition coefficient (Wildman–Crippen LogP) is 2.15. The summed E-state index contributed by atoms with van der Waals surface area (Å²) in [4.78, 5) is 11.2. The van der Waals surface area contributed by atoms with Crippen LogP contribution in [-0.4, -0.2) is 53.9 Å². The Hall–Kier alpha value is -1.65. The van der Waals surface area contributed by atoms with Crippen molar-refractivity contribution in [3.8, 4) is 0 Å². The van der Waals surface area contributed by atoms with E-state index >= 15 is 0 Å². The van der Waals surface area contributed by atoms with Crippen LogP contribution in [0.25, 0.3) is 0 Å². The largest absolute Gasteiger partial charge is 0.382 e. The normalized spacial score (nSPS) is 22.1. The lowest BCUT2D eigenvalue weighted by Crippen LogP contribution is -2.41. The zero-order chi connectivity index (χ0) is 15.4. The van der Waals surface area contributed by atoms with Crippen LogP contribution in [0.15, 0.2) is 29.3 Å². The summed E-state index contributed by atoms with van der Waals surface area (Å²) < 4.78 is 0. The topological polar surface area (TPSA) is 48.1 Å². The minimum Gasteiger partial charge on any atom is -0.382 e. The molecule has 1 atom stereocenters. The van der Waals surface area contributed by atoms with Gasteiger partial charge in [-0.1, -0.05) is 19.9 Å². The van der Waals surface area contributed by atoms with Gasteiger partial charge in [0.1, 0.15) is 23.5 Å².